The Morgan fingerprint density at radius 2 is 1.83 bits per heavy atom. The Labute approximate surface area is 104 Å². The lowest BCUT2D eigenvalue weighted by Crippen LogP contribution is -2.62. The Hall–Kier alpha value is -1.40. The summed E-state index contributed by atoms with van der Waals surface area (Å²) in [6.07, 6.45) is -0.740. The van der Waals surface area contributed by atoms with Gasteiger partial charge in [0.25, 0.3) is 5.92 Å². The summed E-state index contributed by atoms with van der Waals surface area (Å²) in [4.78, 5) is 24.0. The second kappa shape index (κ2) is 4.70. The topological polar surface area (TPSA) is 58.6 Å². The van der Waals surface area contributed by atoms with Crippen LogP contribution in [-0.2, 0) is 9.53 Å². The lowest BCUT2D eigenvalue weighted by Gasteiger charge is -2.40. The fraction of sp³-hybridized carbons (Fsp3) is 0.818. The lowest BCUT2D eigenvalue weighted by molar-refractivity contribution is -0.167. The average Bonchev–Trinajstić information content (AvgIpc) is 2.09. The molecule has 1 unspecified atom stereocenters. The van der Waals surface area contributed by atoms with Crippen LogP contribution in [0.1, 0.15) is 27.7 Å². The number of hydrogen-bond acceptors (Lipinski definition) is 3. The molecule has 5 nitrogen and oxygen atoms in total. The molecule has 0 saturated carbocycles. The van der Waals surface area contributed by atoms with Crippen molar-refractivity contribution in [1.29, 1.82) is 0 Å². The molecule has 0 radical (unpaired) electrons. The normalized spacial score (nSPS) is 19.8. The smallest absolute Gasteiger partial charge is 0.408 e. The zero-order valence-corrected chi connectivity index (χ0v) is 10.9. The van der Waals surface area contributed by atoms with Gasteiger partial charge < -0.3 is 15.0 Å². The monoisotopic (exact) mass is 264 g/mol. The number of nitrogens with one attached hydrogen (secondary N) is 1. The van der Waals surface area contributed by atoms with Gasteiger partial charge in [0.05, 0.1) is 13.1 Å². The van der Waals surface area contributed by atoms with Gasteiger partial charge in [0.2, 0.25) is 5.91 Å². The first kappa shape index (κ1) is 14.7. The highest BCUT2D eigenvalue weighted by Gasteiger charge is 2.47. The van der Waals surface area contributed by atoms with Gasteiger partial charge in [-0.2, -0.15) is 0 Å². The number of carbonyl (C=O) groups is 2. The summed E-state index contributed by atoms with van der Waals surface area (Å²) in [7, 11) is 0. The maximum Gasteiger partial charge on any atom is 0.408 e. The SMILES string of the molecule is CC(NC(=O)OC(C)(C)C)C(=O)N1CC(F)(F)C1. The maximum absolute atomic E-state index is 12.6. The third kappa shape index (κ3) is 4.12. The van der Waals surface area contributed by atoms with Crippen molar-refractivity contribution < 1.29 is 23.1 Å². The highest BCUT2D eigenvalue weighted by molar-refractivity contribution is 5.86. The fourth-order valence-corrected chi connectivity index (χ4v) is 1.49. The van der Waals surface area contributed by atoms with E-state index in [1.54, 1.807) is 20.8 Å². The minimum Gasteiger partial charge on any atom is -0.444 e. The van der Waals surface area contributed by atoms with E-state index in [1.807, 2.05) is 0 Å². The Bertz CT molecular complexity index is 345. The first-order valence-corrected chi connectivity index (χ1v) is 5.66. The highest BCUT2D eigenvalue weighted by atomic mass is 19.3. The Morgan fingerprint density at radius 1 is 1.33 bits per heavy atom. The van der Waals surface area contributed by atoms with Crippen LogP contribution in [0.3, 0.4) is 0 Å². The molecule has 18 heavy (non-hydrogen) atoms. The van der Waals surface area contributed by atoms with Crippen molar-refractivity contribution >= 4 is 12.0 Å². The van der Waals surface area contributed by atoms with E-state index in [-0.39, 0.29) is 0 Å². The molecular weight excluding hydrogens is 246 g/mol. The van der Waals surface area contributed by atoms with Crippen molar-refractivity contribution in [2.24, 2.45) is 0 Å². The van der Waals surface area contributed by atoms with Gasteiger partial charge in [-0.05, 0) is 27.7 Å². The third-order valence-corrected chi connectivity index (χ3v) is 2.26. The van der Waals surface area contributed by atoms with Crippen molar-refractivity contribution in [3.63, 3.8) is 0 Å². The van der Waals surface area contributed by atoms with E-state index in [1.165, 1.54) is 6.92 Å². The van der Waals surface area contributed by atoms with Crippen LogP contribution in [0.2, 0.25) is 0 Å². The molecule has 1 atom stereocenters. The van der Waals surface area contributed by atoms with Gasteiger partial charge in [-0.25, -0.2) is 13.6 Å². The zero-order valence-electron chi connectivity index (χ0n) is 10.9. The summed E-state index contributed by atoms with van der Waals surface area (Å²) in [6, 6.07) is -0.879. The molecule has 104 valence electrons. The second-order valence-corrected chi connectivity index (χ2v) is 5.42. The van der Waals surface area contributed by atoms with Crippen molar-refractivity contribution in [2.45, 2.75) is 45.3 Å². The summed E-state index contributed by atoms with van der Waals surface area (Å²) < 4.78 is 30.1. The highest BCUT2D eigenvalue weighted by Crippen LogP contribution is 2.26. The van der Waals surface area contributed by atoms with Crippen LogP contribution in [0.15, 0.2) is 0 Å². The van der Waals surface area contributed by atoms with Crippen LogP contribution < -0.4 is 5.32 Å². The number of rotatable bonds is 2. The number of ether oxygens (including phenoxy) is 1. The van der Waals surface area contributed by atoms with Crippen molar-refractivity contribution in [1.82, 2.24) is 10.2 Å². The first-order valence-electron chi connectivity index (χ1n) is 5.66. The third-order valence-electron chi connectivity index (χ3n) is 2.26. The van der Waals surface area contributed by atoms with Crippen LogP contribution in [0.5, 0.6) is 0 Å². The van der Waals surface area contributed by atoms with E-state index in [9.17, 15) is 18.4 Å². The molecule has 0 bridgehead atoms. The predicted molar refractivity (Wildman–Crippen MR) is 60.4 cm³/mol. The number of carbonyl (C=O) groups excluding carboxylic acids is 2. The van der Waals surface area contributed by atoms with Gasteiger partial charge in [-0.15, -0.1) is 0 Å². The second-order valence-electron chi connectivity index (χ2n) is 5.42. The molecule has 7 heteroatoms. The Kier molecular flexibility index (Phi) is 3.83. The Balaban J connectivity index is 2.39. The molecule has 0 aromatic rings. The predicted octanol–water partition coefficient (Wildman–Crippen LogP) is 1.38. The molecule has 0 aromatic carbocycles. The molecule has 1 rings (SSSR count). The van der Waals surface area contributed by atoms with E-state index < -0.39 is 42.7 Å². The molecule has 0 aliphatic carbocycles. The number of halogens is 2. The van der Waals surface area contributed by atoms with Gasteiger partial charge >= 0.3 is 6.09 Å². The standard InChI is InChI=1S/C11H18F2N2O3/c1-7(14-9(17)18-10(2,3)4)8(16)15-5-11(12,13)6-15/h7H,5-6H2,1-4H3,(H,14,17). The van der Waals surface area contributed by atoms with Gasteiger partial charge in [0.15, 0.2) is 0 Å². The minimum absolute atomic E-state index is 0.535. The summed E-state index contributed by atoms with van der Waals surface area (Å²) in [5.41, 5.74) is -0.670. The molecule has 1 aliphatic rings. The molecule has 1 saturated heterocycles. The number of amides is 2. The van der Waals surface area contributed by atoms with Gasteiger partial charge in [0.1, 0.15) is 11.6 Å². The molecule has 1 N–H and O–H groups in total. The zero-order chi connectivity index (χ0) is 14.1. The first-order chi connectivity index (χ1) is 8.00. The summed E-state index contributed by atoms with van der Waals surface area (Å²) in [5, 5.41) is 2.32. The van der Waals surface area contributed by atoms with E-state index in [0.717, 1.165) is 4.90 Å². The number of alkyl carbamates (subject to hydrolysis) is 1. The molecule has 1 fully saturated rings. The lowest BCUT2D eigenvalue weighted by atomic mass is 10.1. The van der Waals surface area contributed by atoms with Gasteiger partial charge in [0, 0.05) is 0 Å². The molecule has 0 aromatic heterocycles. The molecule has 1 heterocycles. The summed E-state index contributed by atoms with van der Waals surface area (Å²) in [6.45, 7) is 5.32. The number of likely N-dealkylation sites (tertiary alicyclic amines) is 1. The van der Waals surface area contributed by atoms with Gasteiger partial charge in [-0.3, -0.25) is 4.79 Å². The van der Waals surface area contributed by atoms with E-state index >= 15 is 0 Å². The number of hydrogen-bond donors (Lipinski definition) is 1. The average molecular weight is 264 g/mol. The van der Waals surface area contributed by atoms with Crippen LogP contribution >= 0.6 is 0 Å². The van der Waals surface area contributed by atoms with Crippen molar-refractivity contribution in [2.75, 3.05) is 13.1 Å². The maximum atomic E-state index is 12.6. The van der Waals surface area contributed by atoms with Crippen LogP contribution in [0, 0.1) is 0 Å². The van der Waals surface area contributed by atoms with Crippen LogP contribution in [0.4, 0.5) is 13.6 Å². The van der Waals surface area contributed by atoms with Gasteiger partial charge in [-0.1, -0.05) is 0 Å². The minimum atomic E-state index is -2.80. The van der Waals surface area contributed by atoms with E-state index in [2.05, 4.69) is 5.32 Å². The largest absolute Gasteiger partial charge is 0.444 e. The van der Waals surface area contributed by atoms with E-state index in [0.29, 0.717) is 0 Å². The van der Waals surface area contributed by atoms with Crippen LogP contribution in [0.25, 0.3) is 0 Å². The summed E-state index contributed by atoms with van der Waals surface area (Å²) in [5.74, 6) is -3.34. The Morgan fingerprint density at radius 3 is 2.22 bits per heavy atom. The van der Waals surface area contributed by atoms with Crippen molar-refractivity contribution in [3.8, 4) is 0 Å². The number of alkyl halides is 2. The fourth-order valence-electron chi connectivity index (χ4n) is 1.49. The molecule has 1 aliphatic heterocycles. The molecule has 0 spiro atoms. The molecule has 2 amide bonds. The quantitative estimate of drug-likeness (QED) is 0.819. The number of nitrogens with zero attached hydrogens (tertiary/aromatic N) is 1. The van der Waals surface area contributed by atoms with Crippen molar-refractivity contribution in [3.05, 3.63) is 0 Å². The van der Waals surface area contributed by atoms with E-state index in [4.69, 9.17) is 4.74 Å². The van der Waals surface area contributed by atoms with Crippen LogP contribution in [-0.4, -0.2) is 47.6 Å². The molecular formula is C11H18F2N2O3. The summed E-state index contributed by atoms with van der Waals surface area (Å²) >= 11 is 0.